The second kappa shape index (κ2) is 5.85. The van der Waals surface area contributed by atoms with Gasteiger partial charge in [-0.15, -0.1) is 11.8 Å². The van der Waals surface area contributed by atoms with E-state index < -0.39 is 0 Å². The minimum atomic E-state index is 0.545. The van der Waals surface area contributed by atoms with E-state index in [0.29, 0.717) is 22.9 Å². The fourth-order valence-electron chi connectivity index (χ4n) is 2.12. The molecule has 0 bridgehead atoms. The number of nitrogens with zero attached hydrogens (tertiary/aromatic N) is 4. The van der Waals surface area contributed by atoms with Gasteiger partial charge in [0.15, 0.2) is 0 Å². The lowest BCUT2D eigenvalue weighted by Gasteiger charge is -2.12. The van der Waals surface area contributed by atoms with Gasteiger partial charge in [-0.25, -0.2) is 9.97 Å². The van der Waals surface area contributed by atoms with Gasteiger partial charge < -0.3 is 5.32 Å². The summed E-state index contributed by atoms with van der Waals surface area (Å²) in [5.74, 6) is 1.32. The predicted molar refractivity (Wildman–Crippen MR) is 83.3 cm³/mol. The quantitative estimate of drug-likeness (QED) is 0.592. The number of imidazole rings is 1. The van der Waals surface area contributed by atoms with Crippen LogP contribution in [0.4, 0.5) is 5.82 Å². The molecule has 0 unspecified atom stereocenters. The molecule has 3 rings (SSSR count). The molecule has 1 N–H and O–H groups in total. The van der Waals surface area contributed by atoms with Crippen molar-refractivity contribution in [1.82, 2.24) is 14.4 Å². The molecule has 0 aliphatic carbocycles. The zero-order valence-electron chi connectivity index (χ0n) is 11.4. The first-order valence-corrected chi connectivity index (χ1v) is 7.65. The molecule has 2 heterocycles. The molecule has 0 amide bonds. The average molecular weight is 295 g/mol. The van der Waals surface area contributed by atoms with Crippen molar-refractivity contribution in [2.75, 3.05) is 11.6 Å². The van der Waals surface area contributed by atoms with Gasteiger partial charge in [0.2, 0.25) is 5.78 Å². The van der Waals surface area contributed by atoms with E-state index in [0.717, 1.165) is 11.4 Å². The van der Waals surface area contributed by atoms with Crippen LogP contribution in [0.25, 0.3) is 5.78 Å². The Morgan fingerprint density at radius 1 is 1.33 bits per heavy atom. The molecule has 1 aromatic carbocycles. The highest BCUT2D eigenvalue weighted by molar-refractivity contribution is 7.98. The van der Waals surface area contributed by atoms with E-state index in [2.05, 4.69) is 21.4 Å². The van der Waals surface area contributed by atoms with Crippen LogP contribution in [0.15, 0.2) is 47.8 Å². The Morgan fingerprint density at radius 3 is 2.86 bits per heavy atom. The van der Waals surface area contributed by atoms with Crippen molar-refractivity contribution in [3.8, 4) is 6.07 Å². The smallest absolute Gasteiger partial charge is 0.236 e. The van der Waals surface area contributed by atoms with Crippen LogP contribution in [-0.4, -0.2) is 20.6 Å². The van der Waals surface area contributed by atoms with Crippen LogP contribution in [0.1, 0.15) is 11.1 Å². The largest absolute Gasteiger partial charge is 0.366 e. The molecule has 3 aromatic rings. The lowest BCUT2D eigenvalue weighted by Crippen LogP contribution is -2.08. The second-order valence-corrected chi connectivity index (χ2v) is 5.19. The molecule has 104 valence electrons. The van der Waals surface area contributed by atoms with Crippen LogP contribution >= 0.6 is 11.8 Å². The summed E-state index contributed by atoms with van der Waals surface area (Å²) in [5.41, 5.74) is 1.70. The molecule has 0 aliphatic heterocycles. The molecule has 2 aromatic heterocycles. The van der Waals surface area contributed by atoms with Crippen molar-refractivity contribution in [2.24, 2.45) is 0 Å². The van der Waals surface area contributed by atoms with E-state index in [1.165, 1.54) is 11.8 Å². The Balaban J connectivity index is 2.03. The van der Waals surface area contributed by atoms with Gasteiger partial charge >= 0.3 is 0 Å². The van der Waals surface area contributed by atoms with Gasteiger partial charge in [0.25, 0.3) is 0 Å². The molecule has 0 aliphatic rings. The van der Waals surface area contributed by atoms with E-state index in [4.69, 9.17) is 0 Å². The summed E-state index contributed by atoms with van der Waals surface area (Å²) in [6, 6.07) is 12.3. The van der Waals surface area contributed by atoms with Crippen molar-refractivity contribution in [2.45, 2.75) is 11.6 Å². The predicted octanol–water partition coefficient (Wildman–Crippen LogP) is 2.93. The van der Waals surface area contributed by atoms with Crippen LogP contribution in [0.2, 0.25) is 0 Å². The van der Waals surface area contributed by atoms with Gasteiger partial charge in [0.05, 0.1) is 0 Å². The first kappa shape index (κ1) is 13.5. The topological polar surface area (TPSA) is 66.0 Å². The molecular weight excluding hydrogens is 282 g/mol. The van der Waals surface area contributed by atoms with Crippen LogP contribution in [0.5, 0.6) is 0 Å². The maximum absolute atomic E-state index is 9.45. The van der Waals surface area contributed by atoms with Gasteiger partial charge in [-0.2, -0.15) is 5.26 Å². The minimum absolute atomic E-state index is 0.545. The number of hydrogen-bond donors (Lipinski definition) is 1. The lowest BCUT2D eigenvalue weighted by molar-refractivity contribution is 0.987. The van der Waals surface area contributed by atoms with E-state index in [1.807, 2.05) is 36.6 Å². The van der Waals surface area contributed by atoms with E-state index in [9.17, 15) is 5.26 Å². The molecule has 0 saturated carbocycles. The third-order valence-corrected chi connectivity index (χ3v) is 3.80. The van der Waals surface area contributed by atoms with Crippen molar-refractivity contribution in [1.29, 1.82) is 5.26 Å². The van der Waals surface area contributed by atoms with E-state index in [-0.39, 0.29) is 0 Å². The summed E-state index contributed by atoms with van der Waals surface area (Å²) >= 11 is 1.45. The third-order valence-electron chi connectivity index (χ3n) is 3.12. The normalized spacial score (nSPS) is 10.5. The number of anilines is 1. The molecule has 0 radical (unpaired) electrons. The summed E-state index contributed by atoms with van der Waals surface area (Å²) < 4.78 is 1.81. The third kappa shape index (κ3) is 2.56. The zero-order valence-corrected chi connectivity index (χ0v) is 12.3. The van der Waals surface area contributed by atoms with Gasteiger partial charge in [-0.1, -0.05) is 30.3 Å². The Bertz CT molecular complexity index is 804. The van der Waals surface area contributed by atoms with Gasteiger partial charge in [0, 0.05) is 18.9 Å². The first-order chi connectivity index (χ1) is 10.3. The highest BCUT2D eigenvalue weighted by Crippen LogP contribution is 2.26. The molecule has 0 spiro atoms. The maximum atomic E-state index is 9.45. The van der Waals surface area contributed by atoms with Gasteiger partial charge in [0.1, 0.15) is 22.5 Å². The van der Waals surface area contributed by atoms with Crippen LogP contribution in [-0.2, 0) is 6.54 Å². The molecule has 5 nitrogen and oxygen atoms in total. The Kier molecular flexibility index (Phi) is 3.75. The number of nitrogens with one attached hydrogen (secondary N) is 1. The molecule has 0 saturated heterocycles. The summed E-state index contributed by atoms with van der Waals surface area (Å²) in [7, 11) is 0. The van der Waals surface area contributed by atoms with Crippen LogP contribution in [0, 0.1) is 11.3 Å². The standard InChI is InChI=1S/C15H13N5S/c1-21-14-12(9-16)13(20-8-7-17-15(20)19-14)18-10-11-5-3-2-4-6-11/h2-8,18H,10H2,1H3. The van der Waals surface area contributed by atoms with Crippen molar-refractivity contribution in [3.05, 3.63) is 53.9 Å². The van der Waals surface area contributed by atoms with Crippen molar-refractivity contribution < 1.29 is 0 Å². The summed E-state index contributed by atoms with van der Waals surface area (Å²) in [4.78, 5) is 8.60. The number of benzene rings is 1. The number of rotatable bonds is 4. The average Bonchev–Trinajstić information content (AvgIpc) is 3.00. The van der Waals surface area contributed by atoms with Crippen molar-refractivity contribution in [3.63, 3.8) is 0 Å². The van der Waals surface area contributed by atoms with Crippen LogP contribution in [0.3, 0.4) is 0 Å². The molecular formula is C15H13N5S. The SMILES string of the molecule is CSc1nc2nccn2c(NCc2ccccc2)c1C#N. The Hall–Kier alpha value is -2.52. The minimum Gasteiger partial charge on any atom is -0.366 e. The van der Waals surface area contributed by atoms with Gasteiger partial charge in [-0.3, -0.25) is 4.40 Å². The molecule has 0 atom stereocenters. The van der Waals surface area contributed by atoms with Crippen molar-refractivity contribution >= 4 is 23.4 Å². The zero-order chi connectivity index (χ0) is 14.7. The highest BCUT2D eigenvalue weighted by atomic mass is 32.2. The number of fused-ring (bicyclic) bond motifs is 1. The second-order valence-electron chi connectivity index (χ2n) is 4.39. The monoisotopic (exact) mass is 295 g/mol. The summed E-state index contributed by atoms with van der Waals surface area (Å²) in [6.45, 7) is 0.640. The fraction of sp³-hybridized carbons (Fsp3) is 0.133. The first-order valence-electron chi connectivity index (χ1n) is 6.42. The Labute approximate surface area is 126 Å². The number of nitriles is 1. The summed E-state index contributed by atoms with van der Waals surface area (Å²) in [5, 5.41) is 13.5. The molecule has 21 heavy (non-hydrogen) atoms. The van der Waals surface area contributed by atoms with E-state index >= 15 is 0 Å². The molecule has 6 heteroatoms. The highest BCUT2D eigenvalue weighted by Gasteiger charge is 2.14. The lowest BCUT2D eigenvalue weighted by atomic mass is 10.2. The number of aromatic nitrogens is 3. The number of hydrogen-bond acceptors (Lipinski definition) is 5. The van der Waals surface area contributed by atoms with Crippen LogP contribution < -0.4 is 5.32 Å². The van der Waals surface area contributed by atoms with Gasteiger partial charge in [-0.05, 0) is 11.8 Å². The molecule has 0 fully saturated rings. The number of thioether (sulfide) groups is 1. The summed E-state index contributed by atoms with van der Waals surface area (Å²) in [6.07, 6.45) is 5.39. The Morgan fingerprint density at radius 2 is 2.14 bits per heavy atom. The fourth-order valence-corrected chi connectivity index (χ4v) is 2.64. The maximum Gasteiger partial charge on any atom is 0.236 e. The van der Waals surface area contributed by atoms with E-state index in [1.54, 1.807) is 16.8 Å².